The molecule has 0 aliphatic carbocycles. The zero-order valence-corrected chi connectivity index (χ0v) is 13.5. The van der Waals surface area contributed by atoms with Gasteiger partial charge in [0.15, 0.2) is 0 Å². The Labute approximate surface area is 141 Å². The summed E-state index contributed by atoms with van der Waals surface area (Å²) in [7, 11) is 0. The Kier molecular flexibility index (Phi) is 4.92. The molecule has 3 heteroatoms. The van der Waals surface area contributed by atoms with Crippen molar-refractivity contribution in [3.63, 3.8) is 0 Å². The van der Waals surface area contributed by atoms with Gasteiger partial charge in [-0.25, -0.2) is 0 Å². The van der Waals surface area contributed by atoms with Gasteiger partial charge < -0.3 is 10.1 Å². The number of ether oxygens (including phenoxy) is 1. The van der Waals surface area contributed by atoms with E-state index in [2.05, 4.69) is 5.32 Å². The summed E-state index contributed by atoms with van der Waals surface area (Å²) in [6.07, 6.45) is 0. The number of anilines is 1. The molecule has 0 heterocycles. The van der Waals surface area contributed by atoms with Crippen LogP contribution in [0.1, 0.15) is 21.5 Å². The molecule has 1 amide bonds. The molecule has 0 atom stereocenters. The van der Waals surface area contributed by atoms with E-state index in [4.69, 9.17) is 4.74 Å². The average molecular weight is 317 g/mol. The molecule has 3 nitrogen and oxygen atoms in total. The molecule has 0 aromatic heterocycles. The molecule has 0 radical (unpaired) electrons. The average Bonchev–Trinajstić information content (AvgIpc) is 2.62. The number of amides is 1. The van der Waals surface area contributed by atoms with Gasteiger partial charge >= 0.3 is 0 Å². The Morgan fingerprint density at radius 1 is 0.875 bits per heavy atom. The molecule has 0 aliphatic heterocycles. The number of nitrogens with one attached hydrogen (secondary N) is 1. The van der Waals surface area contributed by atoms with Gasteiger partial charge in [-0.15, -0.1) is 0 Å². The topological polar surface area (TPSA) is 38.3 Å². The number of rotatable bonds is 5. The molecule has 0 saturated heterocycles. The largest absolute Gasteiger partial charge is 0.489 e. The van der Waals surface area contributed by atoms with Crippen LogP contribution in [0.3, 0.4) is 0 Å². The number of carbonyl (C=O) groups is 1. The fourth-order valence-electron chi connectivity index (χ4n) is 2.40. The van der Waals surface area contributed by atoms with Gasteiger partial charge in [-0.3, -0.25) is 4.79 Å². The Bertz CT molecular complexity index is 811. The van der Waals surface area contributed by atoms with Gasteiger partial charge in [0, 0.05) is 11.3 Å². The number of aryl methyl sites for hydroxylation is 1. The molecule has 0 fully saturated rings. The van der Waals surface area contributed by atoms with Crippen molar-refractivity contribution < 1.29 is 9.53 Å². The molecule has 0 unspecified atom stereocenters. The lowest BCUT2D eigenvalue weighted by molar-refractivity contribution is 0.102. The smallest absolute Gasteiger partial charge is 0.255 e. The van der Waals surface area contributed by atoms with E-state index in [0.717, 1.165) is 22.6 Å². The van der Waals surface area contributed by atoms with Crippen LogP contribution in [-0.2, 0) is 6.61 Å². The van der Waals surface area contributed by atoms with Crippen LogP contribution in [0.5, 0.6) is 5.75 Å². The highest BCUT2D eigenvalue weighted by Crippen LogP contribution is 2.18. The second-order valence-electron chi connectivity index (χ2n) is 5.57. The van der Waals surface area contributed by atoms with Crippen molar-refractivity contribution in [1.29, 1.82) is 0 Å². The van der Waals surface area contributed by atoms with Crippen molar-refractivity contribution >= 4 is 11.6 Å². The molecule has 3 aromatic rings. The number of benzene rings is 3. The molecule has 3 rings (SSSR count). The fourth-order valence-corrected chi connectivity index (χ4v) is 2.40. The lowest BCUT2D eigenvalue weighted by atomic mass is 10.1. The first-order valence-corrected chi connectivity index (χ1v) is 7.86. The number of hydrogen-bond acceptors (Lipinski definition) is 2. The third-order valence-corrected chi connectivity index (χ3v) is 3.75. The lowest BCUT2D eigenvalue weighted by Crippen LogP contribution is -2.13. The summed E-state index contributed by atoms with van der Waals surface area (Å²) in [5.41, 5.74) is 3.50. The molecular formula is C21H19NO2. The normalized spacial score (nSPS) is 10.2. The Morgan fingerprint density at radius 3 is 2.25 bits per heavy atom. The van der Waals surface area contributed by atoms with E-state index in [1.54, 1.807) is 0 Å². The zero-order chi connectivity index (χ0) is 16.8. The standard InChI is InChI=1S/C21H19NO2/c1-16-7-5-6-10-20(16)21(23)22-18-11-13-19(14-12-18)24-15-17-8-3-2-4-9-17/h2-14H,15H2,1H3,(H,22,23). The zero-order valence-electron chi connectivity index (χ0n) is 13.5. The van der Waals surface area contributed by atoms with Crippen LogP contribution in [-0.4, -0.2) is 5.91 Å². The number of carbonyl (C=O) groups excluding carboxylic acids is 1. The van der Waals surface area contributed by atoms with E-state index >= 15 is 0 Å². The van der Waals surface area contributed by atoms with Gasteiger partial charge in [-0.2, -0.15) is 0 Å². The van der Waals surface area contributed by atoms with Crippen LogP contribution in [0.4, 0.5) is 5.69 Å². The molecule has 120 valence electrons. The fraction of sp³-hybridized carbons (Fsp3) is 0.0952. The predicted molar refractivity (Wildman–Crippen MR) is 96.3 cm³/mol. The first kappa shape index (κ1) is 15.8. The second-order valence-corrected chi connectivity index (χ2v) is 5.57. The van der Waals surface area contributed by atoms with Crippen LogP contribution >= 0.6 is 0 Å². The summed E-state index contributed by atoms with van der Waals surface area (Å²) in [4.78, 5) is 12.3. The summed E-state index contributed by atoms with van der Waals surface area (Å²) in [5, 5.41) is 2.91. The van der Waals surface area contributed by atoms with Gasteiger partial charge in [0.1, 0.15) is 12.4 Å². The SMILES string of the molecule is Cc1ccccc1C(=O)Nc1ccc(OCc2ccccc2)cc1. The molecule has 0 saturated carbocycles. The van der Waals surface area contributed by atoms with E-state index in [-0.39, 0.29) is 5.91 Å². The van der Waals surface area contributed by atoms with Gasteiger partial charge in [0.2, 0.25) is 0 Å². The molecular weight excluding hydrogens is 298 g/mol. The van der Waals surface area contributed by atoms with Crippen molar-refractivity contribution in [2.45, 2.75) is 13.5 Å². The van der Waals surface area contributed by atoms with Crippen LogP contribution in [0.25, 0.3) is 0 Å². The maximum atomic E-state index is 12.3. The van der Waals surface area contributed by atoms with Crippen molar-refractivity contribution in [3.8, 4) is 5.75 Å². The summed E-state index contributed by atoms with van der Waals surface area (Å²) >= 11 is 0. The third kappa shape index (κ3) is 4.02. The highest BCUT2D eigenvalue weighted by atomic mass is 16.5. The monoisotopic (exact) mass is 317 g/mol. The van der Waals surface area contributed by atoms with E-state index in [0.29, 0.717) is 12.2 Å². The third-order valence-electron chi connectivity index (χ3n) is 3.75. The van der Waals surface area contributed by atoms with Gasteiger partial charge in [0.25, 0.3) is 5.91 Å². The summed E-state index contributed by atoms with van der Waals surface area (Å²) < 4.78 is 5.74. The van der Waals surface area contributed by atoms with E-state index in [1.165, 1.54) is 0 Å². The minimum absolute atomic E-state index is 0.106. The Morgan fingerprint density at radius 2 is 1.54 bits per heavy atom. The summed E-state index contributed by atoms with van der Waals surface area (Å²) in [6, 6.07) is 24.9. The Hall–Kier alpha value is -3.07. The van der Waals surface area contributed by atoms with Crippen molar-refractivity contribution in [1.82, 2.24) is 0 Å². The summed E-state index contributed by atoms with van der Waals surface area (Å²) in [6.45, 7) is 2.45. The maximum Gasteiger partial charge on any atom is 0.255 e. The van der Waals surface area contributed by atoms with E-state index < -0.39 is 0 Å². The second kappa shape index (κ2) is 7.47. The lowest BCUT2D eigenvalue weighted by Gasteiger charge is -2.09. The van der Waals surface area contributed by atoms with E-state index in [1.807, 2.05) is 85.8 Å². The Balaban J connectivity index is 1.60. The first-order chi connectivity index (χ1) is 11.7. The first-order valence-electron chi connectivity index (χ1n) is 7.86. The van der Waals surface area contributed by atoms with Crippen molar-refractivity contribution in [2.24, 2.45) is 0 Å². The van der Waals surface area contributed by atoms with Gasteiger partial charge in [-0.1, -0.05) is 48.5 Å². The molecule has 0 bridgehead atoms. The molecule has 24 heavy (non-hydrogen) atoms. The minimum atomic E-state index is -0.106. The predicted octanol–water partition coefficient (Wildman–Crippen LogP) is 4.83. The quantitative estimate of drug-likeness (QED) is 0.732. The van der Waals surface area contributed by atoms with Crippen LogP contribution in [0.15, 0.2) is 78.9 Å². The van der Waals surface area contributed by atoms with E-state index in [9.17, 15) is 4.79 Å². The van der Waals surface area contributed by atoms with Crippen molar-refractivity contribution in [3.05, 3.63) is 95.6 Å². The molecule has 0 spiro atoms. The van der Waals surface area contributed by atoms with Crippen molar-refractivity contribution in [2.75, 3.05) is 5.32 Å². The van der Waals surface area contributed by atoms with Crippen LogP contribution < -0.4 is 10.1 Å². The molecule has 3 aromatic carbocycles. The molecule has 0 aliphatic rings. The van der Waals surface area contributed by atoms with Gasteiger partial charge in [-0.05, 0) is 48.4 Å². The van der Waals surface area contributed by atoms with Gasteiger partial charge in [0.05, 0.1) is 0 Å². The summed E-state index contributed by atoms with van der Waals surface area (Å²) in [5.74, 6) is 0.666. The van der Waals surface area contributed by atoms with Crippen LogP contribution in [0, 0.1) is 6.92 Å². The maximum absolute atomic E-state index is 12.3. The molecule has 1 N–H and O–H groups in total. The number of hydrogen-bond donors (Lipinski definition) is 1. The highest BCUT2D eigenvalue weighted by Gasteiger charge is 2.08. The van der Waals surface area contributed by atoms with Crippen LogP contribution in [0.2, 0.25) is 0 Å². The minimum Gasteiger partial charge on any atom is -0.489 e. The highest BCUT2D eigenvalue weighted by molar-refractivity contribution is 6.05.